The number of pyridine rings is 1. The first-order valence-electron chi connectivity index (χ1n) is 3.09. The molecule has 0 atom stereocenters. The minimum Gasteiger partial charge on any atom is -0.478 e. The summed E-state index contributed by atoms with van der Waals surface area (Å²) in [5.41, 5.74) is 1.15. The Bertz CT molecular complexity index is 439. The molecule has 2 heterocycles. The minimum absolute atomic E-state index is 0.134. The van der Waals surface area contributed by atoms with E-state index >= 15 is 0 Å². The largest absolute Gasteiger partial charge is 0.478 e. The molecule has 60 valence electrons. The van der Waals surface area contributed by atoms with Gasteiger partial charge >= 0.3 is 5.97 Å². The first-order chi connectivity index (χ1) is 5.77. The number of fused-ring (bicyclic) bond motifs is 1. The van der Waals surface area contributed by atoms with E-state index in [0.717, 1.165) is 11.7 Å². The zero-order valence-electron chi connectivity index (χ0n) is 5.76. The van der Waals surface area contributed by atoms with Gasteiger partial charge in [-0.3, -0.25) is 0 Å². The molecule has 0 radical (unpaired) electrons. The summed E-state index contributed by atoms with van der Waals surface area (Å²) < 4.78 is 7.71. The number of aromatic carboxylic acids is 1. The maximum Gasteiger partial charge on any atom is 0.337 e. The van der Waals surface area contributed by atoms with Crippen LogP contribution in [0.25, 0.3) is 11.2 Å². The zero-order chi connectivity index (χ0) is 8.55. The lowest BCUT2D eigenvalue weighted by molar-refractivity contribution is 0.0696. The van der Waals surface area contributed by atoms with Gasteiger partial charge in [-0.1, -0.05) is 0 Å². The number of carbonyl (C=O) groups is 1. The number of carboxylic acids is 1. The fraction of sp³-hybridized carbons (Fsp3) is 0. The number of carboxylic acid groups (broad SMARTS) is 1. The molecule has 0 fully saturated rings. The van der Waals surface area contributed by atoms with Crippen LogP contribution in [0.15, 0.2) is 12.3 Å². The molecule has 1 N–H and O–H groups in total. The molecule has 0 aliphatic rings. The van der Waals surface area contributed by atoms with Gasteiger partial charge in [-0.05, 0) is 6.07 Å². The molecule has 0 aliphatic carbocycles. The van der Waals surface area contributed by atoms with Crippen molar-refractivity contribution in [3.05, 3.63) is 17.8 Å². The zero-order valence-corrected chi connectivity index (χ0v) is 6.58. The second-order valence-electron chi connectivity index (χ2n) is 2.14. The molecule has 5 nitrogen and oxygen atoms in total. The van der Waals surface area contributed by atoms with Crippen molar-refractivity contribution < 1.29 is 9.90 Å². The van der Waals surface area contributed by atoms with E-state index in [1.165, 1.54) is 12.3 Å². The van der Waals surface area contributed by atoms with Crippen LogP contribution < -0.4 is 0 Å². The number of hydrogen-bond donors (Lipinski definition) is 1. The van der Waals surface area contributed by atoms with Gasteiger partial charge in [-0.25, -0.2) is 9.78 Å². The summed E-state index contributed by atoms with van der Waals surface area (Å²) in [6, 6.07) is 1.45. The summed E-state index contributed by atoms with van der Waals surface area (Å²) in [5, 5.41) is 8.60. The van der Waals surface area contributed by atoms with Crippen LogP contribution in [0.2, 0.25) is 0 Å². The highest BCUT2D eigenvalue weighted by Gasteiger charge is 2.06. The van der Waals surface area contributed by atoms with Crippen LogP contribution in [0.3, 0.4) is 0 Å². The number of hydrogen-bond acceptors (Lipinski definition) is 5. The van der Waals surface area contributed by atoms with Gasteiger partial charge in [-0.2, -0.15) is 8.75 Å². The van der Waals surface area contributed by atoms with Crippen LogP contribution in [0, 0.1) is 0 Å². The van der Waals surface area contributed by atoms with Gasteiger partial charge in [0.25, 0.3) is 0 Å². The maximum atomic E-state index is 10.5. The summed E-state index contributed by atoms with van der Waals surface area (Å²) in [4.78, 5) is 14.3. The molecule has 0 aromatic carbocycles. The Morgan fingerprint density at radius 2 is 2.33 bits per heavy atom. The lowest BCUT2D eigenvalue weighted by Crippen LogP contribution is -1.96. The van der Waals surface area contributed by atoms with Gasteiger partial charge in [0.2, 0.25) is 0 Å². The Kier molecular flexibility index (Phi) is 1.47. The molecule has 2 rings (SSSR count). The Balaban J connectivity index is 2.68. The van der Waals surface area contributed by atoms with E-state index in [1.807, 2.05) is 0 Å². The summed E-state index contributed by atoms with van der Waals surface area (Å²) in [6.07, 6.45) is 1.27. The average molecular weight is 181 g/mol. The highest BCUT2D eigenvalue weighted by atomic mass is 32.1. The predicted octanol–water partition coefficient (Wildman–Crippen LogP) is 0.784. The Morgan fingerprint density at radius 1 is 1.50 bits per heavy atom. The number of aromatic nitrogens is 3. The molecule has 0 saturated heterocycles. The molecular weight excluding hydrogens is 178 g/mol. The molecule has 0 bridgehead atoms. The van der Waals surface area contributed by atoms with E-state index in [-0.39, 0.29) is 5.56 Å². The summed E-state index contributed by atoms with van der Waals surface area (Å²) in [6.45, 7) is 0. The van der Waals surface area contributed by atoms with Gasteiger partial charge in [0, 0.05) is 6.20 Å². The third kappa shape index (κ3) is 1.02. The molecule has 0 aliphatic heterocycles. The van der Waals surface area contributed by atoms with Crippen molar-refractivity contribution in [1.82, 2.24) is 13.7 Å². The molecule has 6 heteroatoms. The molecule has 0 amide bonds. The van der Waals surface area contributed by atoms with E-state index in [2.05, 4.69) is 13.7 Å². The average Bonchev–Trinajstić information content (AvgIpc) is 2.49. The van der Waals surface area contributed by atoms with Crippen molar-refractivity contribution in [2.24, 2.45) is 0 Å². The normalized spacial score (nSPS) is 10.3. The third-order valence-electron chi connectivity index (χ3n) is 1.36. The quantitative estimate of drug-likeness (QED) is 0.703. The van der Waals surface area contributed by atoms with Crippen LogP contribution in [0.5, 0.6) is 0 Å². The molecule has 12 heavy (non-hydrogen) atoms. The van der Waals surface area contributed by atoms with Gasteiger partial charge in [0.1, 0.15) is 5.52 Å². The monoisotopic (exact) mass is 181 g/mol. The number of nitrogens with zero attached hydrogens (tertiary/aromatic N) is 3. The van der Waals surface area contributed by atoms with E-state index in [0.29, 0.717) is 11.2 Å². The maximum absolute atomic E-state index is 10.5. The molecule has 2 aromatic heterocycles. The van der Waals surface area contributed by atoms with Crippen LogP contribution in [-0.2, 0) is 0 Å². The van der Waals surface area contributed by atoms with Crippen molar-refractivity contribution in [1.29, 1.82) is 0 Å². The Labute approximate surface area is 71.0 Å². The summed E-state index contributed by atoms with van der Waals surface area (Å²) in [5.74, 6) is -1.00. The fourth-order valence-electron chi connectivity index (χ4n) is 0.803. The lowest BCUT2D eigenvalue weighted by Gasteiger charge is -1.90. The standard InChI is InChI=1S/C6H3N3O2S/c10-6(11)3-1-4-5(7-2-3)9-12-8-4/h1-2H,(H,10,11). The van der Waals surface area contributed by atoms with Crippen molar-refractivity contribution in [3.8, 4) is 0 Å². The first kappa shape index (κ1) is 7.11. The summed E-state index contributed by atoms with van der Waals surface area (Å²) in [7, 11) is 0. The van der Waals surface area contributed by atoms with E-state index in [1.54, 1.807) is 0 Å². The van der Waals surface area contributed by atoms with E-state index in [4.69, 9.17) is 5.11 Å². The molecule has 0 unspecified atom stereocenters. The Morgan fingerprint density at radius 3 is 3.08 bits per heavy atom. The van der Waals surface area contributed by atoms with Crippen molar-refractivity contribution in [2.45, 2.75) is 0 Å². The lowest BCUT2D eigenvalue weighted by atomic mass is 10.3. The molecule has 2 aromatic rings. The van der Waals surface area contributed by atoms with Gasteiger partial charge in [-0.15, -0.1) is 0 Å². The summed E-state index contributed by atoms with van der Waals surface area (Å²) >= 11 is 1.02. The molecule has 0 spiro atoms. The van der Waals surface area contributed by atoms with Gasteiger partial charge < -0.3 is 5.11 Å². The second kappa shape index (κ2) is 2.49. The minimum atomic E-state index is -1.00. The van der Waals surface area contributed by atoms with Crippen molar-refractivity contribution in [2.75, 3.05) is 0 Å². The highest BCUT2D eigenvalue weighted by molar-refractivity contribution is 7.00. The van der Waals surface area contributed by atoms with Gasteiger partial charge in [0.15, 0.2) is 5.65 Å². The van der Waals surface area contributed by atoms with Crippen LogP contribution in [0.1, 0.15) is 10.4 Å². The van der Waals surface area contributed by atoms with E-state index in [9.17, 15) is 4.79 Å². The highest BCUT2D eigenvalue weighted by Crippen LogP contribution is 2.09. The fourth-order valence-corrected chi connectivity index (χ4v) is 1.28. The predicted molar refractivity (Wildman–Crippen MR) is 42.2 cm³/mol. The van der Waals surface area contributed by atoms with Crippen LogP contribution in [0.4, 0.5) is 0 Å². The van der Waals surface area contributed by atoms with Crippen LogP contribution >= 0.6 is 11.7 Å². The SMILES string of the molecule is O=C(O)c1cnc2nsnc2c1. The van der Waals surface area contributed by atoms with Crippen molar-refractivity contribution >= 4 is 28.9 Å². The second-order valence-corrected chi connectivity index (χ2v) is 2.66. The first-order valence-corrected chi connectivity index (χ1v) is 3.82. The molecule has 0 saturated carbocycles. The topological polar surface area (TPSA) is 76.0 Å². The van der Waals surface area contributed by atoms with Crippen molar-refractivity contribution in [3.63, 3.8) is 0 Å². The smallest absolute Gasteiger partial charge is 0.337 e. The number of rotatable bonds is 1. The van der Waals surface area contributed by atoms with E-state index < -0.39 is 5.97 Å². The molecular formula is C6H3N3O2S. The van der Waals surface area contributed by atoms with Gasteiger partial charge in [0.05, 0.1) is 17.3 Å². The van der Waals surface area contributed by atoms with Crippen LogP contribution in [-0.4, -0.2) is 24.8 Å². The third-order valence-corrected chi connectivity index (χ3v) is 1.89. The Hall–Kier alpha value is -1.56.